The van der Waals surface area contributed by atoms with Crippen LogP contribution in [0, 0.1) is 0 Å². The summed E-state index contributed by atoms with van der Waals surface area (Å²) in [5.74, 6) is 1.67. The summed E-state index contributed by atoms with van der Waals surface area (Å²) in [6, 6.07) is 0. The smallest absolute Gasteiger partial charge is 0.245 e. The van der Waals surface area contributed by atoms with Crippen LogP contribution in [-0.4, -0.2) is 70.9 Å². The maximum absolute atomic E-state index is 11.0. The van der Waals surface area contributed by atoms with Crippen LogP contribution in [0.3, 0.4) is 0 Å². The van der Waals surface area contributed by atoms with E-state index in [1.807, 2.05) is 0 Å². The number of carbonyl (C=O) groups is 1. The van der Waals surface area contributed by atoms with Crippen LogP contribution in [0.2, 0.25) is 0 Å². The van der Waals surface area contributed by atoms with Gasteiger partial charge in [0.15, 0.2) is 11.6 Å². The van der Waals surface area contributed by atoms with Crippen LogP contribution in [0.25, 0.3) is 11.3 Å². The average Bonchev–Trinajstić information content (AvgIpc) is 3.20. The first-order valence-electron chi connectivity index (χ1n) is 8.05. The molecule has 0 spiro atoms. The molecule has 0 saturated carbocycles. The lowest BCUT2D eigenvalue weighted by Gasteiger charge is -2.26. The molecule has 4 rings (SSSR count). The molecule has 2 aromatic rings. The van der Waals surface area contributed by atoms with E-state index < -0.39 is 0 Å². The predicted molar refractivity (Wildman–Crippen MR) is 83.3 cm³/mol. The van der Waals surface area contributed by atoms with Crippen molar-refractivity contribution in [3.8, 4) is 0 Å². The molecular weight excluding hydrogens is 298 g/mol. The lowest BCUT2D eigenvalue weighted by atomic mass is 10.3. The highest BCUT2D eigenvalue weighted by molar-refractivity contribution is 5.75. The standard InChI is InChI=1S/C14H19N7O2/c22-10-19-4-3-7-21(9-8-19)14-13(20-5-1-2-6-20)15-11-12(16-14)18-23-17-11/h10H,1-9H2. The molecule has 23 heavy (non-hydrogen) atoms. The number of rotatable bonds is 3. The second-order valence-corrected chi connectivity index (χ2v) is 5.96. The summed E-state index contributed by atoms with van der Waals surface area (Å²) >= 11 is 0. The van der Waals surface area contributed by atoms with Gasteiger partial charge in [0, 0.05) is 39.3 Å². The van der Waals surface area contributed by atoms with Crippen LogP contribution in [0.5, 0.6) is 0 Å². The first kappa shape index (κ1) is 14.2. The lowest BCUT2D eigenvalue weighted by molar-refractivity contribution is -0.117. The Balaban J connectivity index is 1.71. The first-order valence-corrected chi connectivity index (χ1v) is 8.05. The van der Waals surface area contributed by atoms with Gasteiger partial charge in [-0.2, -0.15) is 0 Å². The Kier molecular flexibility index (Phi) is 3.68. The summed E-state index contributed by atoms with van der Waals surface area (Å²) in [6.07, 6.45) is 4.15. The largest absolute Gasteiger partial charge is 0.353 e. The number of amides is 1. The number of aromatic nitrogens is 4. The van der Waals surface area contributed by atoms with Crippen LogP contribution >= 0.6 is 0 Å². The van der Waals surface area contributed by atoms with Crippen LogP contribution in [0.1, 0.15) is 19.3 Å². The summed E-state index contributed by atoms with van der Waals surface area (Å²) in [5.41, 5.74) is 0.874. The van der Waals surface area contributed by atoms with E-state index in [1.54, 1.807) is 4.90 Å². The molecule has 122 valence electrons. The number of anilines is 2. The summed E-state index contributed by atoms with van der Waals surface area (Å²) in [6.45, 7) is 5.02. The second kappa shape index (κ2) is 5.98. The summed E-state index contributed by atoms with van der Waals surface area (Å²) < 4.78 is 4.77. The van der Waals surface area contributed by atoms with Gasteiger partial charge < -0.3 is 14.7 Å². The van der Waals surface area contributed by atoms with Crippen LogP contribution in [-0.2, 0) is 4.79 Å². The minimum atomic E-state index is 0.430. The molecule has 0 unspecified atom stereocenters. The molecule has 1 amide bonds. The number of hydrogen-bond donors (Lipinski definition) is 0. The van der Waals surface area contributed by atoms with E-state index in [0.29, 0.717) is 17.8 Å². The third-order valence-corrected chi connectivity index (χ3v) is 4.46. The van der Waals surface area contributed by atoms with Crippen molar-refractivity contribution in [2.24, 2.45) is 0 Å². The van der Waals surface area contributed by atoms with Gasteiger partial charge in [0.25, 0.3) is 0 Å². The Morgan fingerprint density at radius 2 is 1.39 bits per heavy atom. The molecule has 2 saturated heterocycles. The van der Waals surface area contributed by atoms with Crippen molar-refractivity contribution in [3.63, 3.8) is 0 Å². The highest BCUT2D eigenvalue weighted by Crippen LogP contribution is 2.30. The van der Waals surface area contributed by atoms with Gasteiger partial charge in [-0.1, -0.05) is 0 Å². The first-order chi connectivity index (χ1) is 11.3. The molecule has 0 N–H and O–H groups in total. The van der Waals surface area contributed by atoms with Gasteiger partial charge in [-0.3, -0.25) is 4.79 Å². The SMILES string of the molecule is O=CN1CCCN(c2nc3nonc3nc2N2CCCC2)CC1. The number of hydrogen-bond acceptors (Lipinski definition) is 8. The van der Waals surface area contributed by atoms with Crippen molar-refractivity contribution >= 4 is 29.3 Å². The minimum Gasteiger partial charge on any atom is -0.353 e. The zero-order valence-electron chi connectivity index (χ0n) is 12.9. The van der Waals surface area contributed by atoms with Crippen molar-refractivity contribution in [1.29, 1.82) is 0 Å². The van der Waals surface area contributed by atoms with Crippen LogP contribution in [0.15, 0.2) is 4.63 Å². The summed E-state index contributed by atoms with van der Waals surface area (Å²) in [4.78, 5) is 26.5. The van der Waals surface area contributed by atoms with Crippen molar-refractivity contribution in [3.05, 3.63) is 0 Å². The van der Waals surface area contributed by atoms with Crippen LogP contribution in [0.4, 0.5) is 11.6 Å². The monoisotopic (exact) mass is 317 g/mol. The molecule has 2 aromatic heterocycles. The molecule has 9 nitrogen and oxygen atoms in total. The van der Waals surface area contributed by atoms with E-state index in [1.165, 1.54) is 0 Å². The van der Waals surface area contributed by atoms with Crippen molar-refractivity contribution in [1.82, 2.24) is 25.2 Å². The highest BCUT2D eigenvalue weighted by atomic mass is 16.6. The lowest BCUT2D eigenvalue weighted by Crippen LogP contribution is -2.32. The molecule has 2 fully saturated rings. The Morgan fingerprint density at radius 3 is 2.04 bits per heavy atom. The quantitative estimate of drug-likeness (QED) is 0.746. The minimum absolute atomic E-state index is 0.430. The normalized spacial score (nSPS) is 19.4. The fourth-order valence-corrected chi connectivity index (χ4v) is 3.23. The fourth-order valence-electron chi connectivity index (χ4n) is 3.23. The number of carbonyl (C=O) groups excluding carboxylic acids is 1. The maximum Gasteiger partial charge on any atom is 0.245 e. The predicted octanol–water partition coefficient (Wildman–Crippen LogP) is 0.281. The fraction of sp³-hybridized carbons (Fsp3) is 0.643. The molecule has 0 aliphatic carbocycles. The van der Waals surface area contributed by atoms with Gasteiger partial charge >= 0.3 is 0 Å². The van der Waals surface area contributed by atoms with Gasteiger partial charge in [0.1, 0.15) is 0 Å². The van der Waals surface area contributed by atoms with E-state index in [0.717, 1.165) is 70.0 Å². The zero-order valence-corrected chi connectivity index (χ0v) is 12.9. The third-order valence-electron chi connectivity index (χ3n) is 4.46. The molecule has 0 radical (unpaired) electrons. The molecule has 0 aromatic carbocycles. The van der Waals surface area contributed by atoms with E-state index in [-0.39, 0.29) is 0 Å². The van der Waals surface area contributed by atoms with Gasteiger partial charge in [0.2, 0.25) is 17.7 Å². The molecule has 0 atom stereocenters. The zero-order chi connectivity index (χ0) is 15.6. The number of fused-ring (bicyclic) bond motifs is 1. The van der Waals surface area contributed by atoms with Crippen LogP contribution < -0.4 is 9.80 Å². The van der Waals surface area contributed by atoms with Crippen molar-refractivity contribution in [2.45, 2.75) is 19.3 Å². The Bertz CT molecular complexity index is 697. The Morgan fingerprint density at radius 1 is 0.783 bits per heavy atom. The number of nitrogens with zero attached hydrogens (tertiary/aromatic N) is 7. The van der Waals surface area contributed by atoms with Crippen molar-refractivity contribution < 1.29 is 9.42 Å². The Labute approximate surface area is 133 Å². The second-order valence-electron chi connectivity index (χ2n) is 5.96. The Hall–Kier alpha value is -2.45. The van der Waals surface area contributed by atoms with Crippen molar-refractivity contribution in [2.75, 3.05) is 49.1 Å². The van der Waals surface area contributed by atoms with E-state index in [2.05, 4.69) is 30.1 Å². The summed E-state index contributed by atoms with van der Waals surface area (Å²) in [7, 11) is 0. The molecule has 2 aliphatic rings. The van der Waals surface area contributed by atoms with E-state index >= 15 is 0 Å². The third kappa shape index (κ3) is 2.66. The molecular formula is C14H19N7O2. The molecule has 9 heteroatoms. The van der Waals surface area contributed by atoms with Gasteiger partial charge in [-0.25, -0.2) is 14.6 Å². The van der Waals surface area contributed by atoms with E-state index in [9.17, 15) is 4.79 Å². The summed E-state index contributed by atoms with van der Waals surface area (Å²) in [5, 5.41) is 7.65. The maximum atomic E-state index is 11.0. The van der Waals surface area contributed by atoms with Gasteiger partial charge in [0.05, 0.1) is 0 Å². The molecule has 2 aliphatic heterocycles. The van der Waals surface area contributed by atoms with Gasteiger partial charge in [-0.05, 0) is 29.6 Å². The van der Waals surface area contributed by atoms with Gasteiger partial charge in [-0.15, -0.1) is 0 Å². The average molecular weight is 317 g/mol. The molecule has 0 bridgehead atoms. The van der Waals surface area contributed by atoms with E-state index in [4.69, 9.17) is 4.63 Å². The highest BCUT2D eigenvalue weighted by Gasteiger charge is 2.25. The topological polar surface area (TPSA) is 91.5 Å². The molecule has 4 heterocycles.